The summed E-state index contributed by atoms with van der Waals surface area (Å²) in [7, 11) is 0. The lowest BCUT2D eigenvalue weighted by molar-refractivity contribution is -0.259. The van der Waals surface area contributed by atoms with Gasteiger partial charge >= 0.3 is 6.18 Å². The number of aldehydes is 1. The number of nitrogens with zero attached hydrogens (tertiary/aromatic N) is 1. The zero-order chi connectivity index (χ0) is 11.7. The molecular weight excluding hydrogens is 211 g/mol. The lowest BCUT2D eigenvalue weighted by Crippen LogP contribution is -2.39. The third-order valence-corrected chi connectivity index (χ3v) is 2.01. The molecule has 82 valence electrons. The lowest BCUT2D eigenvalue weighted by Gasteiger charge is -2.26. The highest BCUT2D eigenvalue weighted by atomic mass is 19.4. The van der Waals surface area contributed by atoms with Gasteiger partial charge < -0.3 is 5.11 Å². The first-order chi connectivity index (χ1) is 6.79. The topological polar surface area (TPSA) is 50.2 Å². The second kappa shape index (κ2) is 3.62. The van der Waals surface area contributed by atoms with Crippen molar-refractivity contribution in [1.29, 1.82) is 0 Å². The zero-order valence-corrected chi connectivity index (χ0v) is 7.75. The molecule has 3 nitrogen and oxygen atoms in total. The van der Waals surface area contributed by atoms with Crippen molar-refractivity contribution in [3.05, 3.63) is 29.6 Å². The van der Waals surface area contributed by atoms with Crippen LogP contribution in [0.1, 0.15) is 22.8 Å². The summed E-state index contributed by atoms with van der Waals surface area (Å²) in [6, 6.07) is 0.952. The minimum Gasteiger partial charge on any atom is -0.376 e. The molecule has 1 rings (SSSR count). The van der Waals surface area contributed by atoms with Crippen molar-refractivity contribution in [3.8, 4) is 0 Å². The highest BCUT2D eigenvalue weighted by molar-refractivity contribution is 5.74. The molecule has 1 N–H and O–H groups in total. The number of aliphatic hydroxyl groups is 1. The zero-order valence-electron chi connectivity index (χ0n) is 7.75. The smallest absolute Gasteiger partial charge is 0.376 e. The number of rotatable bonds is 2. The Bertz CT molecular complexity index is 374. The van der Waals surface area contributed by atoms with Crippen molar-refractivity contribution in [2.24, 2.45) is 0 Å². The number of hydrogen-bond acceptors (Lipinski definition) is 3. The van der Waals surface area contributed by atoms with E-state index < -0.39 is 17.3 Å². The number of pyridine rings is 1. The van der Waals surface area contributed by atoms with Crippen molar-refractivity contribution in [1.82, 2.24) is 4.98 Å². The van der Waals surface area contributed by atoms with Gasteiger partial charge in [-0.25, -0.2) is 0 Å². The fraction of sp³-hybridized carbons (Fsp3) is 0.333. The fourth-order valence-electron chi connectivity index (χ4n) is 0.952. The number of alkyl halides is 3. The molecule has 0 radical (unpaired) electrons. The molecule has 0 aromatic carbocycles. The second-order valence-corrected chi connectivity index (χ2v) is 3.19. The van der Waals surface area contributed by atoms with Crippen LogP contribution in [-0.4, -0.2) is 22.6 Å². The third kappa shape index (κ3) is 2.15. The SMILES string of the molecule is C[C@@](O)(c1cncc(C=O)c1)C(F)(F)F. The molecule has 0 unspecified atom stereocenters. The van der Waals surface area contributed by atoms with E-state index in [9.17, 15) is 23.1 Å². The standard InChI is InChI=1S/C9H8F3NO2/c1-8(15,9(10,11)12)7-2-6(5-14)3-13-4-7/h2-5,15H,1H3/t8-/m1/s1. The molecule has 1 heterocycles. The highest BCUT2D eigenvalue weighted by Crippen LogP contribution is 2.38. The van der Waals surface area contributed by atoms with E-state index in [0.717, 1.165) is 18.5 Å². The normalized spacial score (nSPS) is 15.8. The Morgan fingerprint density at radius 2 is 2.00 bits per heavy atom. The summed E-state index contributed by atoms with van der Waals surface area (Å²) < 4.78 is 37.2. The van der Waals surface area contributed by atoms with Crippen LogP contribution in [0, 0.1) is 0 Å². The van der Waals surface area contributed by atoms with Gasteiger partial charge in [0.25, 0.3) is 0 Å². The maximum Gasteiger partial charge on any atom is 0.421 e. The van der Waals surface area contributed by atoms with Gasteiger partial charge in [0, 0.05) is 23.5 Å². The highest BCUT2D eigenvalue weighted by Gasteiger charge is 2.51. The Hall–Kier alpha value is -1.43. The number of carbonyl (C=O) groups is 1. The van der Waals surface area contributed by atoms with Gasteiger partial charge in [0.15, 0.2) is 11.9 Å². The minimum atomic E-state index is -4.81. The average molecular weight is 219 g/mol. The summed E-state index contributed by atoms with van der Waals surface area (Å²) in [4.78, 5) is 13.8. The molecule has 0 fully saturated rings. The number of hydrogen-bond donors (Lipinski definition) is 1. The van der Waals surface area contributed by atoms with Gasteiger partial charge in [-0.2, -0.15) is 13.2 Å². The van der Waals surface area contributed by atoms with Crippen LogP contribution >= 0.6 is 0 Å². The predicted octanol–water partition coefficient (Wildman–Crippen LogP) is 1.66. The summed E-state index contributed by atoms with van der Waals surface area (Å²) in [6.45, 7) is 0.610. The van der Waals surface area contributed by atoms with Gasteiger partial charge in [-0.05, 0) is 13.0 Å². The molecule has 1 atom stereocenters. The summed E-state index contributed by atoms with van der Waals surface area (Å²) in [5, 5.41) is 9.26. The van der Waals surface area contributed by atoms with Crippen molar-refractivity contribution in [2.45, 2.75) is 18.7 Å². The maximum absolute atomic E-state index is 12.4. The molecule has 1 aromatic rings. The quantitative estimate of drug-likeness (QED) is 0.769. The van der Waals surface area contributed by atoms with E-state index in [1.165, 1.54) is 0 Å². The molecule has 15 heavy (non-hydrogen) atoms. The van der Waals surface area contributed by atoms with Crippen LogP contribution in [0.5, 0.6) is 0 Å². The van der Waals surface area contributed by atoms with E-state index in [-0.39, 0.29) is 5.56 Å². The predicted molar refractivity (Wildman–Crippen MR) is 45.3 cm³/mol. The van der Waals surface area contributed by atoms with Gasteiger partial charge in [0.2, 0.25) is 0 Å². The van der Waals surface area contributed by atoms with Gasteiger partial charge in [-0.1, -0.05) is 0 Å². The first kappa shape index (κ1) is 11.6. The lowest BCUT2D eigenvalue weighted by atomic mass is 9.96. The molecule has 0 amide bonds. The molecule has 0 spiro atoms. The van der Waals surface area contributed by atoms with Gasteiger partial charge in [0.05, 0.1) is 0 Å². The van der Waals surface area contributed by atoms with Crippen LogP contribution in [0.3, 0.4) is 0 Å². The maximum atomic E-state index is 12.4. The Kier molecular flexibility index (Phi) is 2.81. The van der Waals surface area contributed by atoms with Crippen molar-refractivity contribution in [2.75, 3.05) is 0 Å². The fourth-order valence-corrected chi connectivity index (χ4v) is 0.952. The molecule has 6 heteroatoms. The number of halogens is 3. The van der Waals surface area contributed by atoms with E-state index in [1.54, 1.807) is 0 Å². The van der Waals surface area contributed by atoms with Gasteiger partial charge in [-0.15, -0.1) is 0 Å². The second-order valence-electron chi connectivity index (χ2n) is 3.19. The van der Waals surface area contributed by atoms with Crippen LogP contribution in [0.4, 0.5) is 13.2 Å². The molecule has 0 aliphatic heterocycles. The molecule has 0 saturated carbocycles. The van der Waals surface area contributed by atoms with E-state index >= 15 is 0 Å². The minimum absolute atomic E-state index is 0.0166. The molecular formula is C9H8F3NO2. The van der Waals surface area contributed by atoms with Crippen molar-refractivity contribution < 1.29 is 23.1 Å². The summed E-state index contributed by atoms with van der Waals surface area (Å²) in [6.07, 6.45) is -2.46. The Morgan fingerprint density at radius 1 is 1.40 bits per heavy atom. The molecule has 0 aliphatic carbocycles. The summed E-state index contributed by atoms with van der Waals surface area (Å²) in [5.74, 6) is 0. The van der Waals surface area contributed by atoms with Crippen LogP contribution in [0.2, 0.25) is 0 Å². The molecule has 0 saturated heterocycles. The van der Waals surface area contributed by atoms with Crippen LogP contribution < -0.4 is 0 Å². The van der Waals surface area contributed by atoms with Crippen LogP contribution in [-0.2, 0) is 5.60 Å². The number of carbonyl (C=O) groups excluding carboxylic acids is 1. The van der Waals surface area contributed by atoms with E-state index in [4.69, 9.17) is 0 Å². The summed E-state index contributed by atoms with van der Waals surface area (Å²) in [5.41, 5.74) is -3.48. The Labute approximate surface area is 83.6 Å². The average Bonchev–Trinajstić information content (AvgIpc) is 2.16. The van der Waals surface area contributed by atoms with Crippen LogP contribution in [0.25, 0.3) is 0 Å². The molecule has 0 aliphatic rings. The van der Waals surface area contributed by atoms with E-state index in [0.29, 0.717) is 13.2 Å². The van der Waals surface area contributed by atoms with Crippen molar-refractivity contribution >= 4 is 6.29 Å². The van der Waals surface area contributed by atoms with E-state index in [1.807, 2.05) is 0 Å². The van der Waals surface area contributed by atoms with Gasteiger partial charge in [-0.3, -0.25) is 9.78 Å². The van der Waals surface area contributed by atoms with Crippen molar-refractivity contribution in [3.63, 3.8) is 0 Å². The Morgan fingerprint density at radius 3 is 2.47 bits per heavy atom. The summed E-state index contributed by atoms with van der Waals surface area (Å²) >= 11 is 0. The monoisotopic (exact) mass is 219 g/mol. The first-order valence-corrected chi connectivity index (χ1v) is 3.99. The number of aromatic nitrogens is 1. The first-order valence-electron chi connectivity index (χ1n) is 3.99. The Balaban J connectivity index is 3.21. The largest absolute Gasteiger partial charge is 0.421 e. The van der Waals surface area contributed by atoms with E-state index in [2.05, 4.69) is 4.98 Å². The third-order valence-electron chi connectivity index (χ3n) is 2.01. The van der Waals surface area contributed by atoms with Crippen LogP contribution in [0.15, 0.2) is 18.5 Å². The molecule has 0 bridgehead atoms. The van der Waals surface area contributed by atoms with Gasteiger partial charge in [0.1, 0.15) is 0 Å². The molecule has 1 aromatic heterocycles.